The van der Waals surface area contributed by atoms with Gasteiger partial charge in [-0.15, -0.1) is 0 Å². The van der Waals surface area contributed by atoms with Crippen LogP contribution >= 0.6 is 0 Å². The van der Waals surface area contributed by atoms with Gasteiger partial charge in [0.05, 0.1) is 24.5 Å². The van der Waals surface area contributed by atoms with Crippen molar-refractivity contribution in [3.63, 3.8) is 0 Å². The van der Waals surface area contributed by atoms with Gasteiger partial charge >= 0.3 is 0 Å². The highest BCUT2D eigenvalue weighted by atomic mass is 16.1. The summed E-state index contributed by atoms with van der Waals surface area (Å²) in [5, 5.41) is 15.7. The van der Waals surface area contributed by atoms with Crippen molar-refractivity contribution in [2.24, 2.45) is 5.73 Å². The molecule has 0 atom stereocenters. The van der Waals surface area contributed by atoms with Crippen molar-refractivity contribution >= 4 is 28.3 Å². The summed E-state index contributed by atoms with van der Waals surface area (Å²) in [6.07, 6.45) is 1.82. The molecule has 0 spiro atoms. The number of aromatic amines is 1. The number of carbonyl (C=O) groups excluding carboxylic acids is 1. The van der Waals surface area contributed by atoms with Gasteiger partial charge in [-0.2, -0.15) is 10.2 Å². The predicted octanol–water partition coefficient (Wildman–Crippen LogP) is 1.94. The molecule has 4 aromatic rings. The Morgan fingerprint density at radius 1 is 1.04 bits per heavy atom. The van der Waals surface area contributed by atoms with E-state index in [1.54, 1.807) is 18.3 Å². The van der Waals surface area contributed by atoms with E-state index in [-0.39, 0.29) is 17.9 Å². The van der Waals surface area contributed by atoms with E-state index in [1.807, 2.05) is 42.5 Å². The average molecular weight is 374 g/mol. The van der Waals surface area contributed by atoms with Gasteiger partial charge in [0, 0.05) is 11.5 Å². The van der Waals surface area contributed by atoms with Crippen LogP contribution in [0.3, 0.4) is 0 Å². The van der Waals surface area contributed by atoms with E-state index in [0.717, 1.165) is 16.5 Å². The number of benzene rings is 2. The Kier molecular flexibility index (Phi) is 4.59. The lowest BCUT2D eigenvalue weighted by atomic mass is 10.1. The van der Waals surface area contributed by atoms with Crippen LogP contribution in [0.1, 0.15) is 11.1 Å². The van der Waals surface area contributed by atoms with Gasteiger partial charge in [-0.1, -0.05) is 42.5 Å². The number of amides is 1. The Morgan fingerprint density at radius 3 is 2.43 bits per heavy atom. The number of primary amides is 1. The highest BCUT2D eigenvalue weighted by molar-refractivity contribution is 5.92. The molecule has 0 saturated heterocycles. The Morgan fingerprint density at radius 2 is 1.75 bits per heavy atom. The normalized spacial score (nSPS) is 10.9. The summed E-state index contributed by atoms with van der Waals surface area (Å²) in [5.74, 6) is 0.859. The smallest absolute Gasteiger partial charge is 0.275 e. The molecular formula is C20H18N6O2. The summed E-state index contributed by atoms with van der Waals surface area (Å²) < 4.78 is 1.42. The number of H-pyrrole nitrogens is 1. The van der Waals surface area contributed by atoms with E-state index < -0.39 is 0 Å². The monoisotopic (exact) mass is 374 g/mol. The van der Waals surface area contributed by atoms with Gasteiger partial charge in [-0.25, -0.2) is 4.68 Å². The molecule has 0 aliphatic carbocycles. The number of anilines is 2. The zero-order valence-corrected chi connectivity index (χ0v) is 14.9. The lowest BCUT2D eigenvalue weighted by Gasteiger charge is -2.12. The molecule has 0 bridgehead atoms. The van der Waals surface area contributed by atoms with Gasteiger partial charge in [0.2, 0.25) is 5.91 Å². The van der Waals surface area contributed by atoms with Crippen molar-refractivity contribution in [2.45, 2.75) is 13.0 Å². The van der Waals surface area contributed by atoms with Crippen molar-refractivity contribution in [3.05, 3.63) is 82.3 Å². The maximum atomic E-state index is 12.9. The third-order valence-electron chi connectivity index (χ3n) is 4.36. The quantitative estimate of drug-likeness (QED) is 0.477. The molecule has 8 heteroatoms. The molecule has 0 aliphatic rings. The minimum absolute atomic E-state index is 0.174. The lowest BCUT2D eigenvalue weighted by Crippen LogP contribution is -2.24. The van der Waals surface area contributed by atoms with Gasteiger partial charge in [-0.3, -0.25) is 14.7 Å². The summed E-state index contributed by atoms with van der Waals surface area (Å²) in [4.78, 5) is 23.9. The fraction of sp³-hybridized carbons (Fsp3) is 0.100. The molecule has 28 heavy (non-hydrogen) atoms. The molecule has 1 amide bonds. The molecule has 0 saturated carbocycles. The average Bonchev–Trinajstić information content (AvgIpc) is 3.20. The van der Waals surface area contributed by atoms with Crippen molar-refractivity contribution in [1.29, 1.82) is 0 Å². The molecule has 4 N–H and O–H groups in total. The van der Waals surface area contributed by atoms with Crippen LogP contribution in [0, 0.1) is 0 Å². The van der Waals surface area contributed by atoms with Crippen molar-refractivity contribution in [3.8, 4) is 0 Å². The van der Waals surface area contributed by atoms with E-state index >= 15 is 0 Å². The first-order chi connectivity index (χ1) is 13.6. The zero-order chi connectivity index (χ0) is 19.5. The van der Waals surface area contributed by atoms with Gasteiger partial charge < -0.3 is 11.1 Å². The van der Waals surface area contributed by atoms with Crippen LogP contribution < -0.4 is 16.6 Å². The molecule has 2 aromatic heterocycles. The standard InChI is InChI=1S/C20H18N6O2/c21-17(27)11-13-5-7-14(8-6-13)12-26-20(28)16-4-2-1-3-15(16)19(25-26)23-18-9-10-22-24-18/h1-10H,11-12H2,(H2,21,27)(H2,22,23,24,25). The molecule has 0 radical (unpaired) electrons. The number of nitrogens with two attached hydrogens (primary N) is 1. The number of nitrogens with one attached hydrogen (secondary N) is 2. The SMILES string of the molecule is NC(=O)Cc1ccc(Cn2nc(Nc3ccn[nH]3)c3ccccc3c2=O)cc1. The molecule has 140 valence electrons. The number of rotatable bonds is 6. The summed E-state index contributed by atoms with van der Waals surface area (Å²) in [5.41, 5.74) is 6.77. The van der Waals surface area contributed by atoms with Gasteiger partial charge in [0.25, 0.3) is 5.56 Å². The van der Waals surface area contributed by atoms with E-state index in [9.17, 15) is 9.59 Å². The Bertz CT molecular complexity index is 1180. The number of hydrogen-bond donors (Lipinski definition) is 3. The van der Waals surface area contributed by atoms with E-state index in [1.165, 1.54) is 4.68 Å². The van der Waals surface area contributed by atoms with Crippen LogP contribution in [0.5, 0.6) is 0 Å². The second kappa shape index (κ2) is 7.36. The fourth-order valence-corrected chi connectivity index (χ4v) is 3.02. The van der Waals surface area contributed by atoms with Crippen LogP contribution in [0.4, 0.5) is 11.6 Å². The highest BCUT2D eigenvalue weighted by Crippen LogP contribution is 2.21. The Hall–Kier alpha value is -3.94. The largest absolute Gasteiger partial charge is 0.369 e. The van der Waals surface area contributed by atoms with Crippen molar-refractivity contribution in [2.75, 3.05) is 5.32 Å². The molecule has 0 unspecified atom stereocenters. The molecule has 2 heterocycles. The third kappa shape index (κ3) is 3.61. The summed E-state index contributed by atoms with van der Waals surface area (Å²) in [6, 6.07) is 16.5. The summed E-state index contributed by atoms with van der Waals surface area (Å²) in [6.45, 7) is 0.304. The van der Waals surface area contributed by atoms with E-state index in [0.29, 0.717) is 23.6 Å². The molecule has 2 aromatic carbocycles. The summed E-state index contributed by atoms with van der Waals surface area (Å²) in [7, 11) is 0. The minimum Gasteiger partial charge on any atom is -0.369 e. The number of fused-ring (bicyclic) bond motifs is 1. The Balaban J connectivity index is 1.71. The predicted molar refractivity (Wildman–Crippen MR) is 106 cm³/mol. The lowest BCUT2D eigenvalue weighted by molar-refractivity contribution is -0.117. The first-order valence-electron chi connectivity index (χ1n) is 8.72. The molecule has 0 fully saturated rings. The molecule has 0 aliphatic heterocycles. The maximum Gasteiger partial charge on any atom is 0.275 e. The molecule has 4 rings (SSSR count). The van der Waals surface area contributed by atoms with Gasteiger partial charge in [0.15, 0.2) is 5.82 Å². The van der Waals surface area contributed by atoms with Crippen LogP contribution in [0.25, 0.3) is 10.8 Å². The zero-order valence-electron chi connectivity index (χ0n) is 14.9. The second-order valence-electron chi connectivity index (χ2n) is 6.41. The fourth-order valence-electron chi connectivity index (χ4n) is 3.02. The van der Waals surface area contributed by atoms with Gasteiger partial charge in [0.1, 0.15) is 5.82 Å². The maximum absolute atomic E-state index is 12.9. The summed E-state index contributed by atoms with van der Waals surface area (Å²) >= 11 is 0. The first kappa shape index (κ1) is 17.5. The minimum atomic E-state index is -0.380. The highest BCUT2D eigenvalue weighted by Gasteiger charge is 2.11. The van der Waals surface area contributed by atoms with Crippen LogP contribution in [-0.4, -0.2) is 25.9 Å². The van der Waals surface area contributed by atoms with Crippen LogP contribution in [0.2, 0.25) is 0 Å². The number of carbonyl (C=O) groups is 1. The van der Waals surface area contributed by atoms with E-state index in [4.69, 9.17) is 5.73 Å². The number of nitrogens with zero attached hydrogens (tertiary/aromatic N) is 3. The Labute approximate surface area is 160 Å². The van der Waals surface area contributed by atoms with Crippen LogP contribution in [0.15, 0.2) is 65.6 Å². The van der Waals surface area contributed by atoms with Gasteiger partial charge in [-0.05, 0) is 17.2 Å². The van der Waals surface area contributed by atoms with E-state index in [2.05, 4.69) is 20.6 Å². The molecular weight excluding hydrogens is 356 g/mol. The first-order valence-corrected chi connectivity index (χ1v) is 8.72. The molecule has 8 nitrogen and oxygen atoms in total. The topological polar surface area (TPSA) is 119 Å². The second-order valence-corrected chi connectivity index (χ2v) is 6.41. The van der Waals surface area contributed by atoms with Crippen molar-refractivity contribution < 1.29 is 4.79 Å². The number of aromatic nitrogens is 4. The third-order valence-corrected chi connectivity index (χ3v) is 4.36. The van der Waals surface area contributed by atoms with Crippen LogP contribution in [-0.2, 0) is 17.8 Å². The van der Waals surface area contributed by atoms with Crippen molar-refractivity contribution in [1.82, 2.24) is 20.0 Å². The number of hydrogen-bond acceptors (Lipinski definition) is 5.